The average Bonchev–Trinajstić information content (AvgIpc) is 3.44. The fourth-order valence-corrected chi connectivity index (χ4v) is 4.88. The van der Waals surface area contributed by atoms with Gasteiger partial charge in [-0.25, -0.2) is 0 Å². The first-order valence-corrected chi connectivity index (χ1v) is 9.27. The van der Waals surface area contributed by atoms with Crippen LogP contribution >= 0.6 is 7.60 Å². The van der Waals surface area contributed by atoms with E-state index in [9.17, 15) is 4.57 Å². The maximum Gasteiger partial charge on any atom is 0.369 e. The molecule has 0 unspecified atom stereocenters. The molecular formula is C18H21O6P. The Labute approximate surface area is 147 Å². The van der Waals surface area contributed by atoms with Gasteiger partial charge in [0.1, 0.15) is 17.6 Å². The normalized spacial score (nSPS) is 22.5. The van der Waals surface area contributed by atoms with Crippen molar-refractivity contribution in [3.05, 3.63) is 59.7 Å². The summed E-state index contributed by atoms with van der Waals surface area (Å²) in [5.74, 6) is 1.24. The molecule has 2 atom stereocenters. The highest BCUT2D eigenvalue weighted by molar-refractivity contribution is 7.55. The summed E-state index contributed by atoms with van der Waals surface area (Å²) in [7, 11) is 2.30. The van der Waals surface area contributed by atoms with Crippen molar-refractivity contribution in [1.29, 1.82) is 0 Å². The molecule has 1 aliphatic heterocycles. The van der Waals surface area contributed by atoms with E-state index in [0.29, 0.717) is 11.5 Å². The Kier molecular flexibility index (Phi) is 4.89. The quantitative estimate of drug-likeness (QED) is 0.544. The molecule has 0 spiro atoms. The Hall–Kier alpha value is -1.85. The lowest BCUT2D eigenvalue weighted by Crippen LogP contribution is -2.14. The van der Waals surface area contributed by atoms with Crippen LogP contribution in [-0.2, 0) is 23.7 Å². The van der Waals surface area contributed by atoms with Crippen molar-refractivity contribution < 1.29 is 27.8 Å². The molecule has 25 heavy (non-hydrogen) atoms. The zero-order valence-electron chi connectivity index (χ0n) is 14.6. The summed E-state index contributed by atoms with van der Waals surface area (Å²) in [4.78, 5) is 0. The van der Waals surface area contributed by atoms with Crippen molar-refractivity contribution in [2.75, 3.05) is 28.4 Å². The standard InChI is InChI=1S/C18H21O6P/c1-20-14-10-11-15(16(12-14)21-2)17-18(24-17,25(19,22-3)23-4)13-8-6-5-7-9-13/h5-12,17H,1-4H3/t17-,18+/m0/s1. The first-order valence-electron chi connectivity index (χ1n) is 7.73. The van der Waals surface area contributed by atoms with Gasteiger partial charge in [-0.15, -0.1) is 0 Å². The molecule has 3 rings (SSSR count). The zero-order valence-corrected chi connectivity index (χ0v) is 15.5. The molecule has 0 saturated carbocycles. The van der Waals surface area contributed by atoms with Crippen molar-refractivity contribution in [2.24, 2.45) is 0 Å². The molecular weight excluding hydrogens is 343 g/mol. The summed E-state index contributed by atoms with van der Waals surface area (Å²) in [5.41, 5.74) is 1.48. The number of benzene rings is 2. The van der Waals surface area contributed by atoms with Crippen LogP contribution in [0, 0.1) is 0 Å². The summed E-state index contributed by atoms with van der Waals surface area (Å²) in [6, 6.07) is 14.7. The SMILES string of the molecule is COc1ccc([C@@H]2O[C@]2(c2ccccc2)P(=O)(OC)OC)c(OC)c1. The van der Waals surface area contributed by atoms with Crippen LogP contribution < -0.4 is 9.47 Å². The Morgan fingerprint density at radius 2 is 1.64 bits per heavy atom. The molecule has 0 bridgehead atoms. The van der Waals surface area contributed by atoms with E-state index in [-0.39, 0.29) is 0 Å². The molecule has 2 aromatic rings. The Morgan fingerprint density at radius 1 is 0.960 bits per heavy atom. The van der Waals surface area contributed by atoms with Crippen LogP contribution in [0.15, 0.2) is 48.5 Å². The lowest BCUT2D eigenvalue weighted by atomic mass is 10.0. The van der Waals surface area contributed by atoms with Crippen LogP contribution in [0.5, 0.6) is 11.5 Å². The lowest BCUT2D eigenvalue weighted by molar-refractivity contribution is 0.229. The van der Waals surface area contributed by atoms with Crippen LogP contribution in [0.4, 0.5) is 0 Å². The van der Waals surface area contributed by atoms with Crippen LogP contribution in [0.3, 0.4) is 0 Å². The molecule has 7 heteroatoms. The number of methoxy groups -OCH3 is 2. The van der Waals surface area contributed by atoms with Crippen LogP contribution in [0.1, 0.15) is 17.2 Å². The van der Waals surface area contributed by atoms with Crippen molar-refractivity contribution in [2.45, 2.75) is 11.4 Å². The van der Waals surface area contributed by atoms with Gasteiger partial charge in [-0.1, -0.05) is 30.3 Å². The van der Waals surface area contributed by atoms with Gasteiger partial charge in [0.25, 0.3) is 0 Å². The van der Waals surface area contributed by atoms with Crippen molar-refractivity contribution in [3.63, 3.8) is 0 Å². The molecule has 1 fully saturated rings. The first kappa shape index (κ1) is 18.0. The summed E-state index contributed by atoms with van der Waals surface area (Å²) < 4.78 is 40.6. The third-order valence-corrected chi connectivity index (χ3v) is 6.77. The van der Waals surface area contributed by atoms with Gasteiger partial charge in [0, 0.05) is 25.8 Å². The molecule has 2 aromatic carbocycles. The van der Waals surface area contributed by atoms with Gasteiger partial charge in [-0.05, 0) is 17.7 Å². The fourth-order valence-electron chi connectivity index (χ4n) is 3.06. The van der Waals surface area contributed by atoms with E-state index in [1.54, 1.807) is 26.4 Å². The minimum atomic E-state index is -3.57. The zero-order chi connectivity index (χ0) is 18.1. The Morgan fingerprint density at radius 3 is 2.20 bits per heavy atom. The van der Waals surface area contributed by atoms with E-state index in [2.05, 4.69) is 0 Å². The minimum Gasteiger partial charge on any atom is -0.497 e. The molecule has 0 aliphatic carbocycles. The number of hydrogen-bond acceptors (Lipinski definition) is 6. The van der Waals surface area contributed by atoms with Crippen molar-refractivity contribution >= 4 is 7.60 Å². The molecule has 0 amide bonds. The summed E-state index contributed by atoms with van der Waals surface area (Å²) in [6.45, 7) is 0. The second-order valence-corrected chi connectivity index (χ2v) is 7.92. The number of rotatable bonds is 7. The van der Waals surface area contributed by atoms with Crippen LogP contribution in [0.25, 0.3) is 0 Å². The van der Waals surface area contributed by atoms with Gasteiger partial charge in [0.05, 0.1) is 14.2 Å². The lowest BCUT2D eigenvalue weighted by Gasteiger charge is -2.22. The van der Waals surface area contributed by atoms with Gasteiger partial charge < -0.3 is 23.3 Å². The van der Waals surface area contributed by atoms with Gasteiger partial charge in [0.2, 0.25) is 5.34 Å². The van der Waals surface area contributed by atoms with E-state index >= 15 is 0 Å². The maximum atomic E-state index is 13.3. The Bertz CT molecular complexity index is 785. The number of ether oxygens (including phenoxy) is 3. The van der Waals surface area contributed by atoms with Crippen molar-refractivity contribution in [1.82, 2.24) is 0 Å². The van der Waals surface area contributed by atoms with Crippen LogP contribution in [-0.4, -0.2) is 28.4 Å². The van der Waals surface area contributed by atoms with Gasteiger partial charge in [0.15, 0.2) is 0 Å². The molecule has 1 saturated heterocycles. The van der Waals surface area contributed by atoms with E-state index in [0.717, 1.165) is 11.1 Å². The Balaban J connectivity index is 2.12. The largest absolute Gasteiger partial charge is 0.497 e. The van der Waals surface area contributed by atoms with E-state index in [4.69, 9.17) is 23.3 Å². The third-order valence-electron chi connectivity index (χ3n) is 4.39. The summed E-state index contributed by atoms with van der Waals surface area (Å²) >= 11 is 0. The fraction of sp³-hybridized carbons (Fsp3) is 0.333. The molecule has 0 aromatic heterocycles. The van der Waals surface area contributed by atoms with E-state index in [1.807, 2.05) is 36.4 Å². The first-order chi connectivity index (χ1) is 12.1. The number of hydrogen-bond donors (Lipinski definition) is 0. The minimum absolute atomic E-state index is 0.526. The second-order valence-electron chi connectivity index (χ2n) is 5.53. The monoisotopic (exact) mass is 364 g/mol. The topological polar surface area (TPSA) is 66.5 Å². The molecule has 0 N–H and O–H groups in total. The highest BCUT2D eigenvalue weighted by Gasteiger charge is 2.72. The van der Waals surface area contributed by atoms with Crippen molar-refractivity contribution in [3.8, 4) is 11.5 Å². The average molecular weight is 364 g/mol. The highest BCUT2D eigenvalue weighted by atomic mass is 31.2. The highest BCUT2D eigenvalue weighted by Crippen LogP contribution is 2.80. The van der Waals surface area contributed by atoms with Gasteiger partial charge in [-0.2, -0.15) is 0 Å². The predicted molar refractivity (Wildman–Crippen MR) is 93.1 cm³/mol. The smallest absolute Gasteiger partial charge is 0.369 e. The molecule has 1 aliphatic rings. The number of epoxide rings is 1. The second kappa shape index (κ2) is 6.81. The maximum absolute atomic E-state index is 13.3. The molecule has 134 valence electrons. The molecule has 1 heterocycles. The van der Waals surface area contributed by atoms with E-state index < -0.39 is 19.0 Å². The summed E-state index contributed by atoms with van der Waals surface area (Å²) in [5, 5.41) is -1.21. The van der Waals surface area contributed by atoms with E-state index in [1.165, 1.54) is 14.2 Å². The van der Waals surface area contributed by atoms with Crippen LogP contribution in [0.2, 0.25) is 0 Å². The van der Waals surface area contributed by atoms with Gasteiger partial charge >= 0.3 is 7.60 Å². The predicted octanol–water partition coefficient (Wildman–Crippen LogP) is 4.11. The molecule has 0 radical (unpaired) electrons. The summed E-state index contributed by atoms with van der Waals surface area (Å²) in [6.07, 6.45) is -0.526. The molecule has 6 nitrogen and oxygen atoms in total. The van der Waals surface area contributed by atoms with Gasteiger partial charge in [-0.3, -0.25) is 4.57 Å². The third kappa shape index (κ3) is 2.75.